The Bertz CT molecular complexity index is 788. The van der Waals surface area contributed by atoms with E-state index in [2.05, 4.69) is 10.3 Å². The normalized spacial score (nSPS) is 11.3. The summed E-state index contributed by atoms with van der Waals surface area (Å²) in [6.45, 7) is 0. The van der Waals surface area contributed by atoms with Crippen LogP contribution in [0.3, 0.4) is 0 Å². The summed E-state index contributed by atoms with van der Waals surface area (Å²) in [6, 6.07) is 5.50. The van der Waals surface area contributed by atoms with Crippen LogP contribution in [-0.2, 0) is 11.0 Å². The lowest BCUT2D eigenvalue weighted by Gasteiger charge is -2.11. The van der Waals surface area contributed by atoms with Crippen molar-refractivity contribution in [3.8, 4) is 5.75 Å². The molecule has 0 spiro atoms. The van der Waals surface area contributed by atoms with E-state index >= 15 is 0 Å². The fourth-order valence-electron chi connectivity index (χ4n) is 1.78. The molecule has 0 fully saturated rings. The van der Waals surface area contributed by atoms with Crippen LogP contribution in [-0.4, -0.2) is 23.8 Å². The van der Waals surface area contributed by atoms with Gasteiger partial charge in [0.15, 0.2) is 0 Å². The van der Waals surface area contributed by atoms with Crippen LogP contribution < -0.4 is 10.1 Å². The van der Waals surface area contributed by atoms with Crippen LogP contribution in [0, 0.1) is 0 Å². The van der Waals surface area contributed by atoms with Gasteiger partial charge in [-0.15, -0.1) is 0 Å². The van der Waals surface area contributed by atoms with Gasteiger partial charge < -0.3 is 10.1 Å². The van der Waals surface area contributed by atoms with Gasteiger partial charge in [0.2, 0.25) is 5.91 Å². The number of aromatic nitrogens is 1. The number of thioether (sulfide) groups is 1. The molecule has 0 radical (unpaired) electrons. The summed E-state index contributed by atoms with van der Waals surface area (Å²) >= 11 is 12.6. The van der Waals surface area contributed by atoms with Gasteiger partial charge in [0.25, 0.3) is 0 Å². The van der Waals surface area contributed by atoms with Crippen molar-refractivity contribution in [1.82, 2.24) is 4.98 Å². The number of hydrogen-bond acceptors (Lipinski definition) is 4. The molecule has 10 heteroatoms. The van der Waals surface area contributed by atoms with Crippen molar-refractivity contribution in [2.75, 3.05) is 18.2 Å². The largest absolute Gasteiger partial charge is 0.495 e. The molecule has 2 aromatic rings. The Morgan fingerprint density at radius 1 is 1.32 bits per heavy atom. The molecule has 1 amide bonds. The summed E-state index contributed by atoms with van der Waals surface area (Å²) in [5, 5.41) is 2.98. The number of carbonyl (C=O) groups excluding carboxylic acids is 1. The number of hydrogen-bond donors (Lipinski definition) is 1. The number of nitrogens with one attached hydrogen (secondary N) is 1. The summed E-state index contributed by atoms with van der Waals surface area (Å²) in [4.78, 5) is 15.7. The van der Waals surface area contributed by atoms with Gasteiger partial charge in [-0.2, -0.15) is 13.2 Å². The SMILES string of the molecule is COc1ccc(Cl)cc1NC(=O)CSc1ncc(C(F)(F)F)cc1Cl. The number of amides is 1. The standard InChI is InChI=1S/C15H11Cl2F3N2O2S/c1-24-12-3-2-9(16)5-11(12)22-13(23)7-25-14-10(17)4-8(6-21-14)15(18,19)20/h2-6H,7H2,1H3,(H,22,23). The highest BCUT2D eigenvalue weighted by atomic mass is 35.5. The number of methoxy groups -OCH3 is 1. The van der Waals surface area contributed by atoms with E-state index in [-0.39, 0.29) is 15.8 Å². The van der Waals surface area contributed by atoms with Crippen LogP contribution in [0.4, 0.5) is 18.9 Å². The number of ether oxygens (including phenoxy) is 1. The minimum absolute atomic E-state index is 0.103. The Kier molecular flexibility index (Phi) is 6.42. The van der Waals surface area contributed by atoms with Crippen molar-refractivity contribution in [3.05, 3.63) is 46.1 Å². The smallest absolute Gasteiger partial charge is 0.417 e. The molecule has 0 bridgehead atoms. The maximum Gasteiger partial charge on any atom is 0.417 e. The van der Waals surface area contributed by atoms with Crippen LogP contribution >= 0.6 is 35.0 Å². The number of anilines is 1. The molecule has 0 saturated heterocycles. The zero-order valence-electron chi connectivity index (χ0n) is 12.7. The number of rotatable bonds is 5. The van der Waals surface area contributed by atoms with E-state index in [1.807, 2.05) is 0 Å². The maximum atomic E-state index is 12.6. The quantitative estimate of drug-likeness (QED) is 0.692. The van der Waals surface area contributed by atoms with Gasteiger partial charge in [-0.05, 0) is 24.3 Å². The first kappa shape index (κ1) is 19.7. The molecular formula is C15H11Cl2F3N2O2S. The first-order valence-corrected chi connectivity index (χ1v) is 8.44. The number of benzene rings is 1. The lowest BCUT2D eigenvalue weighted by molar-refractivity contribution is -0.137. The van der Waals surface area contributed by atoms with E-state index in [1.54, 1.807) is 12.1 Å². The molecule has 0 atom stereocenters. The highest BCUT2D eigenvalue weighted by Gasteiger charge is 2.31. The van der Waals surface area contributed by atoms with Crippen molar-refractivity contribution >= 4 is 46.6 Å². The lowest BCUT2D eigenvalue weighted by Crippen LogP contribution is -2.15. The third-order valence-electron chi connectivity index (χ3n) is 2.91. The zero-order valence-corrected chi connectivity index (χ0v) is 15.0. The highest BCUT2D eigenvalue weighted by molar-refractivity contribution is 8.00. The summed E-state index contributed by atoms with van der Waals surface area (Å²) in [7, 11) is 1.44. The van der Waals surface area contributed by atoms with E-state index in [0.29, 0.717) is 22.7 Å². The summed E-state index contributed by atoms with van der Waals surface area (Å²) in [5.41, 5.74) is -0.568. The molecule has 2 rings (SSSR count). The fraction of sp³-hybridized carbons (Fsp3) is 0.200. The predicted molar refractivity (Wildman–Crippen MR) is 91.6 cm³/mol. The molecule has 0 aliphatic rings. The van der Waals surface area contributed by atoms with E-state index in [4.69, 9.17) is 27.9 Å². The van der Waals surface area contributed by atoms with E-state index in [0.717, 1.165) is 17.8 Å². The summed E-state index contributed by atoms with van der Waals surface area (Å²) < 4.78 is 42.8. The molecule has 4 nitrogen and oxygen atoms in total. The Hall–Kier alpha value is -1.64. The van der Waals surface area contributed by atoms with Gasteiger partial charge in [0.1, 0.15) is 10.8 Å². The van der Waals surface area contributed by atoms with Crippen LogP contribution in [0.1, 0.15) is 5.56 Å². The number of alkyl halides is 3. The van der Waals surface area contributed by atoms with Crippen LogP contribution in [0.5, 0.6) is 5.75 Å². The Labute approximate surface area is 155 Å². The van der Waals surface area contributed by atoms with Gasteiger partial charge in [-0.25, -0.2) is 4.98 Å². The molecule has 25 heavy (non-hydrogen) atoms. The zero-order chi connectivity index (χ0) is 18.6. The predicted octanol–water partition coefficient (Wildman–Crippen LogP) is 5.15. The van der Waals surface area contributed by atoms with Gasteiger partial charge in [-0.3, -0.25) is 4.79 Å². The van der Waals surface area contributed by atoms with Gasteiger partial charge in [0, 0.05) is 11.2 Å². The Morgan fingerprint density at radius 2 is 2.04 bits per heavy atom. The summed E-state index contributed by atoms with van der Waals surface area (Å²) in [5.74, 6) is -0.0925. The topological polar surface area (TPSA) is 51.2 Å². The first-order chi connectivity index (χ1) is 11.7. The van der Waals surface area contributed by atoms with Gasteiger partial charge >= 0.3 is 6.18 Å². The number of carbonyl (C=O) groups is 1. The van der Waals surface area contributed by atoms with Crippen molar-refractivity contribution in [2.24, 2.45) is 0 Å². The molecular weight excluding hydrogens is 400 g/mol. The van der Waals surface area contributed by atoms with Crippen LogP contribution in [0.15, 0.2) is 35.5 Å². The average molecular weight is 411 g/mol. The second-order valence-corrected chi connectivity index (χ2v) is 6.50. The molecule has 1 N–H and O–H groups in total. The van der Waals surface area contributed by atoms with E-state index < -0.39 is 17.6 Å². The molecule has 0 unspecified atom stereocenters. The Morgan fingerprint density at radius 3 is 2.64 bits per heavy atom. The van der Waals surface area contributed by atoms with E-state index in [1.165, 1.54) is 13.2 Å². The molecule has 1 aromatic carbocycles. The third-order valence-corrected chi connectivity index (χ3v) is 4.55. The average Bonchev–Trinajstić information content (AvgIpc) is 2.53. The molecule has 134 valence electrons. The van der Waals surface area contributed by atoms with Gasteiger partial charge in [0.05, 0.1) is 29.1 Å². The van der Waals surface area contributed by atoms with Crippen molar-refractivity contribution in [3.63, 3.8) is 0 Å². The van der Waals surface area contributed by atoms with Crippen molar-refractivity contribution < 1.29 is 22.7 Å². The minimum Gasteiger partial charge on any atom is -0.495 e. The monoisotopic (exact) mass is 410 g/mol. The lowest BCUT2D eigenvalue weighted by atomic mass is 10.3. The fourth-order valence-corrected chi connectivity index (χ4v) is 2.95. The second-order valence-electron chi connectivity index (χ2n) is 4.69. The van der Waals surface area contributed by atoms with Crippen molar-refractivity contribution in [1.29, 1.82) is 0 Å². The van der Waals surface area contributed by atoms with Crippen LogP contribution in [0.25, 0.3) is 0 Å². The molecule has 1 heterocycles. The first-order valence-electron chi connectivity index (χ1n) is 6.69. The highest BCUT2D eigenvalue weighted by Crippen LogP contribution is 2.34. The molecule has 1 aromatic heterocycles. The number of pyridine rings is 1. The maximum absolute atomic E-state index is 12.6. The second kappa shape index (κ2) is 8.16. The molecule has 0 saturated carbocycles. The number of nitrogens with zero attached hydrogens (tertiary/aromatic N) is 1. The number of halogens is 5. The molecule has 0 aliphatic carbocycles. The molecule has 0 aliphatic heterocycles. The third kappa shape index (κ3) is 5.42. The van der Waals surface area contributed by atoms with Crippen LogP contribution in [0.2, 0.25) is 10.0 Å². The van der Waals surface area contributed by atoms with E-state index in [9.17, 15) is 18.0 Å². The Balaban J connectivity index is 2.02. The minimum atomic E-state index is -4.53. The van der Waals surface area contributed by atoms with Gasteiger partial charge in [-0.1, -0.05) is 35.0 Å². The van der Waals surface area contributed by atoms with Crippen molar-refractivity contribution in [2.45, 2.75) is 11.2 Å². The summed E-state index contributed by atoms with van der Waals surface area (Å²) in [6.07, 6.45) is -3.85.